The fourth-order valence-electron chi connectivity index (χ4n) is 2.88. The molecule has 23 heavy (non-hydrogen) atoms. The molecule has 118 valence electrons. The van der Waals surface area contributed by atoms with Crippen LogP contribution in [0.25, 0.3) is 10.9 Å². The highest BCUT2D eigenvalue weighted by Gasteiger charge is 2.08. The van der Waals surface area contributed by atoms with Crippen molar-refractivity contribution in [3.05, 3.63) is 69.9 Å². The second-order valence-corrected chi connectivity index (χ2v) is 6.32. The summed E-state index contributed by atoms with van der Waals surface area (Å²) in [5.74, 6) is -0.0327. The number of carbonyl (C=O) groups is 1. The van der Waals surface area contributed by atoms with Crippen LogP contribution < -0.4 is 5.32 Å². The van der Waals surface area contributed by atoms with Gasteiger partial charge < -0.3 is 10.3 Å². The Morgan fingerprint density at radius 1 is 1.13 bits per heavy atom. The van der Waals surface area contributed by atoms with Crippen LogP contribution in [0.15, 0.2) is 42.6 Å². The van der Waals surface area contributed by atoms with Gasteiger partial charge in [-0.05, 0) is 56.2 Å². The molecule has 0 aliphatic carbocycles. The molecule has 0 atom stereocenters. The zero-order chi connectivity index (χ0) is 16.4. The molecule has 0 saturated heterocycles. The molecule has 3 nitrogen and oxygen atoms in total. The lowest BCUT2D eigenvalue weighted by Gasteiger charge is -2.07. The molecule has 0 aliphatic heterocycles. The van der Waals surface area contributed by atoms with Crippen LogP contribution >= 0.6 is 11.6 Å². The summed E-state index contributed by atoms with van der Waals surface area (Å²) in [6.07, 6.45) is 2.74. The van der Waals surface area contributed by atoms with Crippen LogP contribution in [0.1, 0.15) is 27.0 Å². The van der Waals surface area contributed by atoms with E-state index in [4.69, 9.17) is 11.6 Å². The van der Waals surface area contributed by atoms with Gasteiger partial charge in [-0.15, -0.1) is 0 Å². The summed E-state index contributed by atoms with van der Waals surface area (Å²) in [5, 5.41) is 4.81. The van der Waals surface area contributed by atoms with Crippen molar-refractivity contribution in [1.82, 2.24) is 10.3 Å². The predicted octanol–water partition coefficient (Wildman–Crippen LogP) is 4.41. The standard InChI is InChI=1S/C19H19ClN2O/c1-12-7-13(2)9-15(8-12)19(23)21-6-5-14-11-22-18-4-3-16(20)10-17(14)18/h3-4,7-11,22H,5-6H2,1-2H3,(H,21,23). The fraction of sp³-hybridized carbons (Fsp3) is 0.211. The normalized spacial score (nSPS) is 10.9. The summed E-state index contributed by atoms with van der Waals surface area (Å²) in [6.45, 7) is 4.59. The molecule has 0 spiro atoms. The topological polar surface area (TPSA) is 44.9 Å². The fourth-order valence-corrected chi connectivity index (χ4v) is 3.05. The lowest BCUT2D eigenvalue weighted by atomic mass is 10.1. The number of hydrogen-bond acceptors (Lipinski definition) is 1. The van der Waals surface area contributed by atoms with Crippen molar-refractivity contribution in [2.75, 3.05) is 6.54 Å². The lowest BCUT2D eigenvalue weighted by molar-refractivity contribution is 0.0954. The van der Waals surface area contributed by atoms with Crippen molar-refractivity contribution in [3.63, 3.8) is 0 Å². The molecular formula is C19H19ClN2O. The van der Waals surface area contributed by atoms with Crippen molar-refractivity contribution in [2.45, 2.75) is 20.3 Å². The Hall–Kier alpha value is -2.26. The number of rotatable bonds is 4. The van der Waals surface area contributed by atoms with Gasteiger partial charge in [-0.2, -0.15) is 0 Å². The molecule has 0 aliphatic rings. The molecule has 0 bridgehead atoms. The largest absolute Gasteiger partial charge is 0.361 e. The van der Waals surface area contributed by atoms with E-state index in [0.29, 0.717) is 12.1 Å². The van der Waals surface area contributed by atoms with E-state index in [9.17, 15) is 4.79 Å². The van der Waals surface area contributed by atoms with Crippen LogP contribution in [0.4, 0.5) is 0 Å². The van der Waals surface area contributed by atoms with Crippen LogP contribution in [-0.4, -0.2) is 17.4 Å². The van der Waals surface area contributed by atoms with Crippen LogP contribution in [0.5, 0.6) is 0 Å². The smallest absolute Gasteiger partial charge is 0.251 e. The number of halogens is 1. The highest BCUT2D eigenvalue weighted by Crippen LogP contribution is 2.22. The quantitative estimate of drug-likeness (QED) is 0.733. The summed E-state index contributed by atoms with van der Waals surface area (Å²) >= 11 is 6.06. The number of H-pyrrole nitrogens is 1. The molecule has 3 aromatic rings. The van der Waals surface area contributed by atoms with Gasteiger partial charge in [0.05, 0.1) is 0 Å². The van der Waals surface area contributed by atoms with Crippen molar-refractivity contribution >= 4 is 28.4 Å². The molecule has 0 fully saturated rings. The molecule has 3 rings (SSSR count). The number of carbonyl (C=O) groups excluding carboxylic acids is 1. The SMILES string of the molecule is Cc1cc(C)cc(C(=O)NCCc2c[nH]c3ccc(Cl)cc23)c1. The maximum Gasteiger partial charge on any atom is 0.251 e. The first-order valence-corrected chi connectivity index (χ1v) is 8.03. The first-order chi connectivity index (χ1) is 11.0. The van der Waals surface area contributed by atoms with E-state index in [1.54, 1.807) is 0 Å². The van der Waals surface area contributed by atoms with Crippen LogP contribution in [0.3, 0.4) is 0 Å². The molecule has 1 amide bonds. The second kappa shape index (κ2) is 6.47. The number of fused-ring (bicyclic) bond motifs is 1. The number of amides is 1. The maximum atomic E-state index is 12.3. The highest BCUT2D eigenvalue weighted by atomic mass is 35.5. The zero-order valence-corrected chi connectivity index (χ0v) is 14.0. The predicted molar refractivity (Wildman–Crippen MR) is 95.3 cm³/mol. The zero-order valence-electron chi connectivity index (χ0n) is 13.2. The van der Waals surface area contributed by atoms with Crippen molar-refractivity contribution in [1.29, 1.82) is 0 Å². The first-order valence-electron chi connectivity index (χ1n) is 7.65. The van der Waals surface area contributed by atoms with E-state index in [2.05, 4.69) is 16.4 Å². The monoisotopic (exact) mass is 326 g/mol. The Bertz CT molecular complexity index is 847. The van der Waals surface area contributed by atoms with Gasteiger partial charge in [-0.3, -0.25) is 4.79 Å². The number of nitrogens with one attached hydrogen (secondary N) is 2. The van der Waals surface area contributed by atoms with Gasteiger partial charge in [0.25, 0.3) is 5.91 Å². The van der Waals surface area contributed by atoms with E-state index in [1.807, 2.05) is 50.4 Å². The van der Waals surface area contributed by atoms with E-state index in [1.165, 1.54) is 0 Å². The number of benzene rings is 2. The van der Waals surface area contributed by atoms with Gasteiger partial charge in [0.15, 0.2) is 0 Å². The van der Waals surface area contributed by atoms with Gasteiger partial charge in [0.2, 0.25) is 0 Å². The number of aromatic nitrogens is 1. The highest BCUT2D eigenvalue weighted by molar-refractivity contribution is 6.31. The van der Waals surface area contributed by atoms with E-state index in [-0.39, 0.29) is 5.91 Å². The van der Waals surface area contributed by atoms with Gasteiger partial charge in [-0.1, -0.05) is 28.8 Å². The Morgan fingerprint density at radius 3 is 2.61 bits per heavy atom. The van der Waals surface area contributed by atoms with E-state index < -0.39 is 0 Å². The average molecular weight is 327 g/mol. The van der Waals surface area contributed by atoms with Crippen molar-refractivity contribution < 1.29 is 4.79 Å². The number of aromatic amines is 1. The summed E-state index contributed by atoms with van der Waals surface area (Å²) in [4.78, 5) is 15.5. The van der Waals surface area contributed by atoms with Gasteiger partial charge in [0.1, 0.15) is 0 Å². The number of aryl methyl sites for hydroxylation is 2. The minimum atomic E-state index is -0.0327. The van der Waals surface area contributed by atoms with Crippen molar-refractivity contribution in [3.8, 4) is 0 Å². The summed E-state index contributed by atoms with van der Waals surface area (Å²) < 4.78 is 0. The minimum absolute atomic E-state index is 0.0327. The Morgan fingerprint density at radius 2 is 1.87 bits per heavy atom. The Kier molecular flexibility index (Phi) is 4.39. The number of hydrogen-bond donors (Lipinski definition) is 2. The molecule has 1 heterocycles. The lowest BCUT2D eigenvalue weighted by Crippen LogP contribution is -2.25. The minimum Gasteiger partial charge on any atom is -0.361 e. The molecule has 0 radical (unpaired) electrons. The molecule has 4 heteroatoms. The van der Waals surface area contributed by atoms with Crippen LogP contribution in [-0.2, 0) is 6.42 Å². The molecule has 0 saturated carbocycles. The van der Waals surface area contributed by atoms with E-state index in [0.717, 1.165) is 39.0 Å². The Balaban J connectivity index is 1.66. The van der Waals surface area contributed by atoms with Gasteiger partial charge >= 0.3 is 0 Å². The van der Waals surface area contributed by atoms with Crippen molar-refractivity contribution in [2.24, 2.45) is 0 Å². The van der Waals surface area contributed by atoms with Gasteiger partial charge in [0, 0.05) is 34.2 Å². The molecule has 2 aromatic carbocycles. The third-order valence-electron chi connectivity index (χ3n) is 3.89. The van der Waals surface area contributed by atoms with Gasteiger partial charge in [-0.25, -0.2) is 0 Å². The third kappa shape index (κ3) is 3.57. The second-order valence-electron chi connectivity index (χ2n) is 5.89. The summed E-state index contributed by atoms with van der Waals surface area (Å²) in [5.41, 5.74) is 5.13. The molecule has 2 N–H and O–H groups in total. The maximum absolute atomic E-state index is 12.3. The van der Waals surface area contributed by atoms with Crippen LogP contribution in [0.2, 0.25) is 5.02 Å². The summed E-state index contributed by atoms with van der Waals surface area (Å²) in [7, 11) is 0. The summed E-state index contributed by atoms with van der Waals surface area (Å²) in [6, 6.07) is 11.7. The average Bonchev–Trinajstić information content (AvgIpc) is 2.88. The molecule has 1 aromatic heterocycles. The van der Waals surface area contributed by atoms with E-state index >= 15 is 0 Å². The Labute approximate surface area is 140 Å². The molecular weight excluding hydrogens is 308 g/mol. The first kappa shape index (κ1) is 15.6. The third-order valence-corrected chi connectivity index (χ3v) is 4.13. The van der Waals surface area contributed by atoms with Crippen LogP contribution in [0, 0.1) is 13.8 Å². The molecule has 0 unspecified atom stereocenters.